The Bertz CT molecular complexity index is 2270. The van der Waals surface area contributed by atoms with Crippen LogP contribution < -0.4 is 0 Å². The average Bonchev–Trinajstić information content (AvgIpc) is 3.50. The zero-order chi connectivity index (χ0) is 30.3. The highest BCUT2D eigenvalue weighted by molar-refractivity contribution is 6.21. The first-order valence-corrected chi connectivity index (χ1v) is 15.9. The van der Waals surface area contributed by atoms with Crippen LogP contribution in [0.2, 0.25) is 0 Å². The summed E-state index contributed by atoms with van der Waals surface area (Å²) in [5.74, 6) is 1.01. The minimum Gasteiger partial charge on any atom is -0.297 e. The number of nitrogens with zero attached hydrogens (tertiary/aromatic N) is 2. The lowest BCUT2D eigenvalue weighted by atomic mass is 9.85. The largest absolute Gasteiger partial charge is 0.297 e. The second kappa shape index (κ2) is 11.2. The average molecular weight is 579 g/mol. The molecule has 216 valence electrons. The Morgan fingerprint density at radius 3 is 1.60 bits per heavy atom. The summed E-state index contributed by atoms with van der Waals surface area (Å²) in [6.45, 7) is 4.42. The van der Waals surface area contributed by atoms with Crippen molar-refractivity contribution in [2.45, 2.75) is 26.7 Å². The topological polar surface area (TPSA) is 17.8 Å². The van der Waals surface area contributed by atoms with Gasteiger partial charge in [0.25, 0.3) is 0 Å². The summed E-state index contributed by atoms with van der Waals surface area (Å²) in [6.07, 6.45) is 1.84. The predicted octanol–water partition coefficient (Wildman–Crippen LogP) is 11.5. The first-order valence-electron chi connectivity index (χ1n) is 15.9. The van der Waals surface area contributed by atoms with Gasteiger partial charge in [0.15, 0.2) is 0 Å². The monoisotopic (exact) mass is 578 g/mol. The summed E-state index contributed by atoms with van der Waals surface area (Å²) in [7, 11) is 0. The quantitative estimate of drug-likeness (QED) is 0.179. The number of fused-ring (bicyclic) bond motifs is 3. The number of aryl methyl sites for hydroxylation is 1. The van der Waals surface area contributed by atoms with Gasteiger partial charge in [-0.2, -0.15) is 0 Å². The van der Waals surface area contributed by atoms with Gasteiger partial charge in [-0.15, -0.1) is 0 Å². The SMILES string of the molecule is CCc1nc(-c2ccccc2)n(-c2ccc(-c3c4ccccc4c(-c4ccc5ccccc5c4)c4ccccc34)cc2)c1CC. The van der Waals surface area contributed by atoms with Crippen molar-refractivity contribution in [1.82, 2.24) is 9.55 Å². The zero-order valence-electron chi connectivity index (χ0n) is 25.7. The van der Waals surface area contributed by atoms with Crippen LogP contribution in [0.4, 0.5) is 0 Å². The molecule has 2 nitrogen and oxygen atoms in total. The molecular formula is C43H34N2. The fourth-order valence-electron chi connectivity index (χ4n) is 7.08. The predicted molar refractivity (Wildman–Crippen MR) is 191 cm³/mol. The molecule has 0 saturated carbocycles. The summed E-state index contributed by atoms with van der Waals surface area (Å²) in [5, 5.41) is 7.59. The van der Waals surface area contributed by atoms with E-state index in [1.807, 2.05) is 0 Å². The van der Waals surface area contributed by atoms with Crippen LogP contribution in [-0.2, 0) is 12.8 Å². The van der Waals surface area contributed by atoms with Gasteiger partial charge >= 0.3 is 0 Å². The van der Waals surface area contributed by atoms with E-state index in [0.29, 0.717) is 0 Å². The second-order valence-corrected chi connectivity index (χ2v) is 11.7. The van der Waals surface area contributed by atoms with Crippen LogP contribution in [-0.4, -0.2) is 9.55 Å². The Hall–Kier alpha value is -5.47. The molecule has 0 amide bonds. The minimum atomic E-state index is 0.912. The molecule has 0 aliphatic rings. The fourth-order valence-corrected chi connectivity index (χ4v) is 7.08. The molecule has 2 heteroatoms. The molecule has 0 fully saturated rings. The Morgan fingerprint density at radius 2 is 1.00 bits per heavy atom. The lowest BCUT2D eigenvalue weighted by molar-refractivity contribution is 0.912. The van der Waals surface area contributed by atoms with E-state index >= 15 is 0 Å². The molecule has 0 aliphatic heterocycles. The van der Waals surface area contributed by atoms with Crippen molar-refractivity contribution in [2.75, 3.05) is 0 Å². The van der Waals surface area contributed by atoms with E-state index in [0.717, 1.165) is 29.9 Å². The van der Waals surface area contributed by atoms with Crippen molar-refractivity contribution >= 4 is 32.3 Å². The van der Waals surface area contributed by atoms with E-state index in [9.17, 15) is 0 Å². The smallest absolute Gasteiger partial charge is 0.145 e. The van der Waals surface area contributed by atoms with E-state index in [1.165, 1.54) is 66.0 Å². The minimum absolute atomic E-state index is 0.912. The van der Waals surface area contributed by atoms with E-state index in [-0.39, 0.29) is 0 Å². The number of benzene rings is 7. The molecule has 0 radical (unpaired) electrons. The van der Waals surface area contributed by atoms with Crippen LogP contribution >= 0.6 is 0 Å². The zero-order valence-corrected chi connectivity index (χ0v) is 25.7. The van der Waals surface area contributed by atoms with E-state index in [1.54, 1.807) is 0 Å². The summed E-state index contributed by atoms with van der Waals surface area (Å²) in [5.41, 5.74) is 9.75. The van der Waals surface area contributed by atoms with Gasteiger partial charge in [-0.05, 0) is 85.6 Å². The Balaban J connectivity index is 1.33. The maximum Gasteiger partial charge on any atom is 0.145 e. The molecule has 1 heterocycles. The molecule has 0 N–H and O–H groups in total. The standard InChI is InChI=1S/C43H34N2/c1-3-39-40(4-2)45(43(44-39)31-15-6-5-7-16-31)34-26-24-30(25-27-34)41-35-18-10-12-20-37(35)42(38-21-13-11-19-36(38)41)33-23-22-29-14-8-9-17-32(29)28-33/h5-28H,3-4H2,1-2H3. The maximum atomic E-state index is 5.13. The highest BCUT2D eigenvalue weighted by atomic mass is 15.1. The van der Waals surface area contributed by atoms with Crippen molar-refractivity contribution in [1.29, 1.82) is 0 Å². The lowest BCUT2D eigenvalue weighted by Gasteiger charge is -2.18. The van der Waals surface area contributed by atoms with Crippen LogP contribution in [0.5, 0.6) is 0 Å². The van der Waals surface area contributed by atoms with E-state index < -0.39 is 0 Å². The second-order valence-electron chi connectivity index (χ2n) is 11.7. The summed E-state index contributed by atoms with van der Waals surface area (Å²) >= 11 is 0. The van der Waals surface area contributed by atoms with Crippen molar-refractivity contribution in [2.24, 2.45) is 0 Å². The maximum absolute atomic E-state index is 5.13. The molecule has 8 rings (SSSR count). The molecule has 0 saturated heterocycles. The molecule has 0 atom stereocenters. The van der Waals surface area contributed by atoms with Gasteiger partial charge in [-0.1, -0.05) is 141 Å². The Morgan fingerprint density at radius 1 is 0.467 bits per heavy atom. The lowest BCUT2D eigenvalue weighted by Crippen LogP contribution is -2.03. The van der Waals surface area contributed by atoms with Crippen molar-refractivity contribution in [3.63, 3.8) is 0 Å². The van der Waals surface area contributed by atoms with Gasteiger partial charge in [0.2, 0.25) is 0 Å². The molecule has 45 heavy (non-hydrogen) atoms. The van der Waals surface area contributed by atoms with Gasteiger partial charge in [0.05, 0.1) is 5.69 Å². The fraction of sp³-hybridized carbons (Fsp3) is 0.0930. The van der Waals surface area contributed by atoms with Crippen LogP contribution in [0.25, 0.3) is 71.6 Å². The number of aromatic nitrogens is 2. The Kier molecular flexibility index (Phi) is 6.76. The molecule has 0 spiro atoms. The highest BCUT2D eigenvalue weighted by Crippen LogP contribution is 2.44. The third kappa shape index (κ3) is 4.53. The van der Waals surface area contributed by atoms with Crippen molar-refractivity contribution in [3.05, 3.63) is 157 Å². The van der Waals surface area contributed by atoms with Gasteiger partial charge < -0.3 is 0 Å². The first kappa shape index (κ1) is 27.1. The van der Waals surface area contributed by atoms with Gasteiger partial charge in [0.1, 0.15) is 5.82 Å². The van der Waals surface area contributed by atoms with E-state index in [4.69, 9.17) is 4.98 Å². The number of hydrogen-bond donors (Lipinski definition) is 0. The molecule has 0 unspecified atom stereocenters. The summed E-state index contributed by atoms with van der Waals surface area (Å²) in [6, 6.07) is 52.9. The molecule has 0 aliphatic carbocycles. The van der Waals surface area contributed by atoms with E-state index in [2.05, 4.69) is 164 Å². The normalized spacial score (nSPS) is 11.5. The third-order valence-electron chi connectivity index (χ3n) is 9.14. The van der Waals surface area contributed by atoms with Crippen molar-refractivity contribution < 1.29 is 0 Å². The number of imidazole rings is 1. The van der Waals surface area contributed by atoms with Crippen LogP contribution in [0.15, 0.2) is 146 Å². The summed E-state index contributed by atoms with van der Waals surface area (Å²) in [4.78, 5) is 5.13. The van der Waals surface area contributed by atoms with Crippen LogP contribution in [0, 0.1) is 0 Å². The highest BCUT2D eigenvalue weighted by Gasteiger charge is 2.19. The van der Waals surface area contributed by atoms with Crippen LogP contribution in [0.3, 0.4) is 0 Å². The third-order valence-corrected chi connectivity index (χ3v) is 9.14. The summed E-state index contributed by atoms with van der Waals surface area (Å²) < 4.78 is 2.36. The molecule has 7 aromatic carbocycles. The molecule has 1 aromatic heterocycles. The van der Waals surface area contributed by atoms with Gasteiger partial charge in [-0.25, -0.2) is 4.98 Å². The van der Waals surface area contributed by atoms with Gasteiger partial charge in [0, 0.05) is 16.9 Å². The van der Waals surface area contributed by atoms with Crippen LogP contribution in [0.1, 0.15) is 25.2 Å². The van der Waals surface area contributed by atoms with Crippen molar-refractivity contribution in [3.8, 4) is 39.3 Å². The molecule has 0 bridgehead atoms. The molecular weight excluding hydrogens is 544 g/mol. The van der Waals surface area contributed by atoms with Gasteiger partial charge in [-0.3, -0.25) is 4.57 Å². The number of rotatable bonds is 6. The first-order chi connectivity index (χ1) is 22.2. The number of hydrogen-bond acceptors (Lipinski definition) is 1. The Labute approximate surface area is 264 Å². The molecule has 8 aromatic rings.